The molecule has 1 aliphatic carbocycles. The Kier molecular flexibility index (Phi) is 7.00. The van der Waals surface area contributed by atoms with Gasteiger partial charge in [0.15, 0.2) is 6.10 Å². The monoisotopic (exact) mass is 425 g/mol. The molecular weight excluding hydrogens is 394 g/mol. The van der Waals surface area contributed by atoms with Crippen LogP contribution in [0.2, 0.25) is 0 Å². The van der Waals surface area contributed by atoms with Crippen LogP contribution in [0.25, 0.3) is 0 Å². The Labute approximate surface area is 172 Å². The summed E-state index contributed by atoms with van der Waals surface area (Å²) in [5.74, 6) is -0.555. The molecule has 2 heterocycles. The maximum atomic E-state index is 12.7. The highest BCUT2D eigenvalue weighted by Crippen LogP contribution is 2.24. The van der Waals surface area contributed by atoms with Gasteiger partial charge >= 0.3 is 5.97 Å². The number of rotatable bonds is 7. The first-order valence-electron chi connectivity index (χ1n) is 10.4. The molecule has 162 valence electrons. The van der Waals surface area contributed by atoms with E-state index in [-0.39, 0.29) is 16.5 Å². The van der Waals surface area contributed by atoms with Gasteiger partial charge in [-0.1, -0.05) is 19.3 Å². The lowest BCUT2D eigenvalue weighted by Crippen LogP contribution is -2.38. The van der Waals surface area contributed by atoms with E-state index in [0.29, 0.717) is 25.6 Å². The molecule has 1 amide bonds. The van der Waals surface area contributed by atoms with Crippen LogP contribution in [0.4, 0.5) is 0 Å². The summed E-state index contributed by atoms with van der Waals surface area (Å²) in [6.45, 7) is 3.12. The van der Waals surface area contributed by atoms with E-state index < -0.39 is 22.1 Å². The maximum absolute atomic E-state index is 12.7. The SMILES string of the molecule is CC(OC(=O)c1cc(S(=O)(=O)N2CCCC2)cn1C)C(=O)NCC1CCCCC1. The Bertz CT molecular complexity index is 836. The summed E-state index contributed by atoms with van der Waals surface area (Å²) in [4.78, 5) is 24.9. The zero-order chi connectivity index (χ0) is 21.0. The van der Waals surface area contributed by atoms with E-state index >= 15 is 0 Å². The van der Waals surface area contributed by atoms with Crippen LogP contribution in [0.15, 0.2) is 17.2 Å². The molecule has 1 saturated heterocycles. The summed E-state index contributed by atoms with van der Waals surface area (Å²) >= 11 is 0. The van der Waals surface area contributed by atoms with Gasteiger partial charge in [-0.2, -0.15) is 4.31 Å². The molecule has 2 fully saturated rings. The number of carbonyl (C=O) groups is 2. The third kappa shape index (κ3) is 5.19. The highest BCUT2D eigenvalue weighted by molar-refractivity contribution is 7.89. The van der Waals surface area contributed by atoms with Gasteiger partial charge in [0.1, 0.15) is 10.6 Å². The zero-order valence-corrected chi connectivity index (χ0v) is 18.0. The number of aryl methyl sites for hydroxylation is 1. The van der Waals surface area contributed by atoms with Gasteiger partial charge < -0.3 is 14.6 Å². The zero-order valence-electron chi connectivity index (χ0n) is 17.2. The molecule has 0 spiro atoms. The van der Waals surface area contributed by atoms with Crippen LogP contribution in [0.1, 0.15) is 62.4 Å². The average molecular weight is 426 g/mol. The molecule has 2 aliphatic rings. The molecule has 1 saturated carbocycles. The Balaban J connectivity index is 1.58. The second kappa shape index (κ2) is 9.30. The van der Waals surface area contributed by atoms with Crippen LogP contribution >= 0.6 is 0 Å². The molecule has 0 radical (unpaired) electrons. The van der Waals surface area contributed by atoms with Gasteiger partial charge in [-0.25, -0.2) is 13.2 Å². The van der Waals surface area contributed by atoms with Crippen molar-refractivity contribution in [3.63, 3.8) is 0 Å². The second-order valence-corrected chi connectivity index (χ2v) is 10.0. The highest BCUT2D eigenvalue weighted by atomic mass is 32.2. The van der Waals surface area contributed by atoms with Gasteiger partial charge in [-0.15, -0.1) is 0 Å². The van der Waals surface area contributed by atoms with E-state index in [1.165, 1.54) is 47.3 Å². The van der Waals surface area contributed by atoms with Crippen molar-refractivity contribution in [2.24, 2.45) is 13.0 Å². The van der Waals surface area contributed by atoms with E-state index in [2.05, 4.69) is 5.32 Å². The molecule has 0 bridgehead atoms. The Hall–Kier alpha value is -1.87. The van der Waals surface area contributed by atoms with Crippen molar-refractivity contribution < 1.29 is 22.7 Å². The minimum absolute atomic E-state index is 0.0725. The topological polar surface area (TPSA) is 97.7 Å². The predicted octanol–water partition coefficient (Wildman–Crippen LogP) is 2.05. The third-order valence-corrected chi connectivity index (χ3v) is 7.70. The number of aromatic nitrogens is 1. The van der Waals surface area contributed by atoms with Crippen LogP contribution in [0.3, 0.4) is 0 Å². The molecular formula is C20H31N3O5S. The van der Waals surface area contributed by atoms with Gasteiger partial charge in [-0.05, 0) is 44.6 Å². The number of nitrogens with zero attached hydrogens (tertiary/aromatic N) is 2. The van der Waals surface area contributed by atoms with Crippen molar-refractivity contribution in [2.75, 3.05) is 19.6 Å². The van der Waals surface area contributed by atoms with Crippen molar-refractivity contribution in [3.8, 4) is 0 Å². The average Bonchev–Trinajstić information content (AvgIpc) is 3.37. The smallest absolute Gasteiger partial charge is 0.355 e. The number of carbonyl (C=O) groups excluding carboxylic acids is 2. The molecule has 9 heteroatoms. The van der Waals surface area contributed by atoms with Crippen molar-refractivity contribution in [2.45, 2.75) is 62.9 Å². The van der Waals surface area contributed by atoms with Crippen molar-refractivity contribution >= 4 is 21.9 Å². The number of esters is 1. The Morgan fingerprint density at radius 2 is 1.83 bits per heavy atom. The molecule has 3 rings (SSSR count). The summed E-state index contributed by atoms with van der Waals surface area (Å²) in [5.41, 5.74) is 0.106. The van der Waals surface area contributed by atoms with E-state index in [1.54, 1.807) is 7.05 Å². The number of amides is 1. The summed E-state index contributed by atoms with van der Waals surface area (Å²) in [5, 5.41) is 2.86. The standard InChI is InChI=1S/C20H31N3O5S/c1-15(19(24)21-13-16-8-4-3-5-9-16)28-20(25)18-12-17(14-22(18)2)29(26,27)23-10-6-7-11-23/h12,14-16H,3-11,13H2,1-2H3,(H,21,24). The molecule has 1 aromatic rings. The minimum atomic E-state index is -3.61. The minimum Gasteiger partial charge on any atom is -0.448 e. The fraction of sp³-hybridized carbons (Fsp3) is 0.700. The quantitative estimate of drug-likeness (QED) is 0.675. The molecule has 1 aliphatic heterocycles. The number of hydrogen-bond donors (Lipinski definition) is 1. The number of hydrogen-bond acceptors (Lipinski definition) is 5. The molecule has 1 N–H and O–H groups in total. The lowest BCUT2D eigenvalue weighted by molar-refractivity contribution is -0.129. The fourth-order valence-corrected chi connectivity index (χ4v) is 5.60. The van der Waals surface area contributed by atoms with Crippen LogP contribution in [0.5, 0.6) is 0 Å². The van der Waals surface area contributed by atoms with Crippen molar-refractivity contribution in [1.29, 1.82) is 0 Å². The Morgan fingerprint density at radius 3 is 2.48 bits per heavy atom. The molecule has 1 aromatic heterocycles. The van der Waals surface area contributed by atoms with Crippen LogP contribution < -0.4 is 5.32 Å². The normalized spacial score (nSPS) is 19.8. The van der Waals surface area contributed by atoms with Crippen LogP contribution in [-0.4, -0.2) is 54.9 Å². The summed E-state index contributed by atoms with van der Waals surface area (Å²) in [6, 6.07) is 1.32. The third-order valence-electron chi connectivity index (χ3n) is 5.83. The lowest BCUT2D eigenvalue weighted by atomic mass is 9.89. The summed E-state index contributed by atoms with van der Waals surface area (Å²) in [6.07, 6.45) is 8.03. The first-order chi connectivity index (χ1) is 13.8. The molecule has 0 aromatic carbocycles. The van der Waals surface area contributed by atoms with E-state index in [9.17, 15) is 18.0 Å². The molecule has 8 nitrogen and oxygen atoms in total. The highest BCUT2D eigenvalue weighted by Gasteiger charge is 2.30. The second-order valence-electron chi connectivity index (χ2n) is 8.08. The van der Waals surface area contributed by atoms with E-state index in [0.717, 1.165) is 25.7 Å². The van der Waals surface area contributed by atoms with E-state index in [1.807, 2.05) is 0 Å². The predicted molar refractivity (Wildman–Crippen MR) is 108 cm³/mol. The number of nitrogens with one attached hydrogen (secondary N) is 1. The Morgan fingerprint density at radius 1 is 1.17 bits per heavy atom. The molecule has 29 heavy (non-hydrogen) atoms. The summed E-state index contributed by atoms with van der Waals surface area (Å²) < 4.78 is 33.5. The van der Waals surface area contributed by atoms with Gasteiger partial charge in [0.05, 0.1) is 0 Å². The van der Waals surface area contributed by atoms with Gasteiger partial charge in [0.2, 0.25) is 10.0 Å². The number of ether oxygens (including phenoxy) is 1. The fourth-order valence-electron chi connectivity index (χ4n) is 4.01. The van der Waals surface area contributed by atoms with Crippen LogP contribution in [0, 0.1) is 5.92 Å². The summed E-state index contributed by atoms with van der Waals surface area (Å²) in [7, 11) is -2.02. The van der Waals surface area contributed by atoms with Crippen LogP contribution in [-0.2, 0) is 26.6 Å². The van der Waals surface area contributed by atoms with Gasteiger partial charge in [-0.3, -0.25) is 4.79 Å². The first kappa shape index (κ1) is 21.8. The van der Waals surface area contributed by atoms with E-state index in [4.69, 9.17) is 4.74 Å². The largest absolute Gasteiger partial charge is 0.448 e. The first-order valence-corrected chi connectivity index (χ1v) is 11.9. The number of sulfonamides is 1. The van der Waals surface area contributed by atoms with Crippen molar-refractivity contribution in [1.82, 2.24) is 14.2 Å². The molecule has 1 atom stereocenters. The van der Waals surface area contributed by atoms with Gasteiger partial charge in [0.25, 0.3) is 5.91 Å². The maximum Gasteiger partial charge on any atom is 0.355 e. The lowest BCUT2D eigenvalue weighted by Gasteiger charge is -2.22. The molecule has 1 unspecified atom stereocenters. The van der Waals surface area contributed by atoms with Crippen molar-refractivity contribution in [3.05, 3.63) is 18.0 Å². The van der Waals surface area contributed by atoms with Gasteiger partial charge in [0, 0.05) is 32.9 Å².